The maximum atomic E-state index is 12.9. The van der Waals surface area contributed by atoms with Gasteiger partial charge in [0.15, 0.2) is 0 Å². The van der Waals surface area contributed by atoms with Crippen LogP contribution in [-0.4, -0.2) is 38.0 Å². The average molecular weight is 436 g/mol. The van der Waals surface area contributed by atoms with Crippen molar-refractivity contribution in [3.8, 4) is 5.75 Å². The summed E-state index contributed by atoms with van der Waals surface area (Å²) in [6.07, 6.45) is -2.41. The first-order valence-corrected chi connectivity index (χ1v) is 9.68. The van der Waals surface area contributed by atoms with Gasteiger partial charge < -0.3 is 15.2 Å². The van der Waals surface area contributed by atoms with E-state index in [4.69, 9.17) is 4.74 Å². The zero-order valence-electron chi connectivity index (χ0n) is 17.3. The Morgan fingerprint density at radius 1 is 1.26 bits per heavy atom. The van der Waals surface area contributed by atoms with E-state index in [1.54, 1.807) is 43.8 Å². The Labute approximate surface area is 176 Å². The van der Waals surface area contributed by atoms with Crippen molar-refractivity contribution in [1.29, 1.82) is 0 Å². The van der Waals surface area contributed by atoms with Gasteiger partial charge in [-0.1, -0.05) is 6.07 Å². The Balaban J connectivity index is 1.89. The number of carbonyl (C=O) groups excluding carboxylic acids is 1. The van der Waals surface area contributed by atoms with Crippen LogP contribution in [0.4, 0.5) is 18.9 Å². The van der Waals surface area contributed by atoms with Crippen molar-refractivity contribution in [2.45, 2.75) is 45.5 Å². The van der Waals surface area contributed by atoms with Gasteiger partial charge in [0.1, 0.15) is 22.7 Å². The molecule has 2 N–H and O–H groups in total. The van der Waals surface area contributed by atoms with Crippen LogP contribution >= 0.6 is 0 Å². The molecule has 0 saturated carbocycles. The highest BCUT2D eigenvalue weighted by atomic mass is 19.4. The number of hydrogen-bond acceptors (Lipinski definition) is 5. The Kier molecular flexibility index (Phi) is 6.21. The average Bonchev–Trinajstić information content (AvgIpc) is 3.09. The minimum Gasteiger partial charge on any atom is -0.491 e. The zero-order chi connectivity index (χ0) is 22.8. The van der Waals surface area contributed by atoms with E-state index in [9.17, 15) is 23.1 Å². The molecule has 31 heavy (non-hydrogen) atoms. The van der Waals surface area contributed by atoms with Gasteiger partial charge in [0.25, 0.3) is 5.91 Å². The monoisotopic (exact) mass is 436 g/mol. The molecular formula is C21H23F3N4O3. The second kappa shape index (κ2) is 8.54. The van der Waals surface area contributed by atoms with E-state index in [2.05, 4.69) is 15.4 Å². The number of hydrogen-bond donors (Lipinski definition) is 2. The van der Waals surface area contributed by atoms with Gasteiger partial charge in [-0.25, -0.2) is 4.98 Å². The van der Waals surface area contributed by atoms with Gasteiger partial charge in [0.2, 0.25) is 0 Å². The van der Waals surface area contributed by atoms with Gasteiger partial charge in [-0.3, -0.25) is 9.48 Å². The maximum absolute atomic E-state index is 12.9. The first kappa shape index (κ1) is 22.5. The van der Waals surface area contributed by atoms with Crippen LogP contribution in [-0.2, 0) is 12.7 Å². The topological polar surface area (TPSA) is 89.3 Å². The molecule has 0 radical (unpaired) electrons. The summed E-state index contributed by atoms with van der Waals surface area (Å²) in [5, 5.41) is 17.6. The summed E-state index contributed by atoms with van der Waals surface area (Å²) in [6.45, 7) is 6.04. The largest absolute Gasteiger partial charge is 0.491 e. The van der Waals surface area contributed by atoms with Crippen LogP contribution in [0.15, 0.2) is 36.5 Å². The molecule has 7 nitrogen and oxygen atoms in total. The van der Waals surface area contributed by atoms with E-state index < -0.39 is 23.4 Å². The smallest absolute Gasteiger partial charge is 0.433 e. The molecule has 166 valence electrons. The van der Waals surface area contributed by atoms with Gasteiger partial charge in [-0.15, -0.1) is 0 Å². The lowest BCUT2D eigenvalue weighted by Crippen LogP contribution is -2.21. The fraction of sp³-hybridized carbons (Fsp3) is 0.381. The number of nitrogens with one attached hydrogen (secondary N) is 1. The summed E-state index contributed by atoms with van der Waals surface area (Å²) in [4.78, 5) is 15.9. The summed E-state index contributed by atoms with van der Waals surface area (Å²) in [7, 11) is 0. The highest BCUT2D eigenvalue weighted by Crippen LogP contribution is 2.30. The van der Waals surface area contributed by atoms with Crippen LogP contribution in [0.5, 0.6) is 5.75 Å². The lowest BCUT2D eigenvalue weighted by Gasteiger charge is -2.16. The van der Waals surface area contributed by atoms with Gasteiger partial charge in [-0.05, 0) is 45.4 Å². The fourth-order valence-electron chi connectivity index (χ4n) is 2.91. The number of benzene rings is 1. The van der Waals surface area contributed by atoms with Crippen LogP contribution in [0.3, 0.4) is 0 Å². The lowest BCUT2D eigenvalue weighted by atomic mass is 10.1. The van der Waals surface area contributed by atoms with Gasteiger partial charge in [0.05, 0.1) is 12.2 Å². The van der Waals surface area contributed by atoms with Crippen molar-refractivity contribution < 1.29 is 27.8 Å². The molecule has 0 spiro atoms. The van der Waals surface area contributed by atoms with Crippen molar-refractivity contribution in [3.05, 3.63) is 47.9 Å². The number of nitrogens with zero attached hydrogens (tertiary/aromatic N) is 3. The van der Waals surface area contributed by atoms with Crippen LogP contribution < -0.4 is 10.1 Å². The van der Waals surface area contributed by atoms with E-state index in [1.807, 2.05) is 0 Å². The SMILES string of the molecule is CCOc1cc(NC(=O)c2cccc(C(F)(F)F)n2)cc2cn(CCC(C)(C)O)nc12. The number of aromatic nitrogens is 3. The number of halogens is 3. The van der Waals surface area contributed by atoms with E-state index >= 15 is 0 Å². The van der Waals surface area contributed by atoms with Crippen molar-refractivity contribution in [3.63, 3.8) is 0 Å². The molecule has 0 bridgehead atoms. The fourth-order valence-corrected chi connectivity index (χ4v) is 2.91. The molecule has 10 heteroatoms. The van der Waals surface area contributed by atoms with E-state index in [1.165, 1.54) is 6.07 Å². The Bertz CT molecular complexity index is 1090. The number of aryl methyl sites for hydroxylation is 1. The summed E-state index contributed by atoms with van der Waals surface area (Å²) >= 11 is 0. The third-order valence-electron chi connectivity index (χ3n) is 4.40. The Hall–Kier alpha value is -3.14. The molecule has 1 amide bonds. The number of rotatable bonds is 7. The van der Waals surface area contributed by atoms with Crippen LogP contribution in [0.2, 0.25) is 0 Å². The predicted octanol–water partition coefficient (Wildman–Crippen LogP) is 4.26. The number of carbonyl (C=O) groups is 1. The molecule has 0 saturated heterocycles. The summed E-state index contributed by atoms with van der Waals surface area (Å²) < 4.78 is 45.9. The van der Waals surface area contributed by atoms with Crippen molar-refractivity contribution >= 4 is 22.5 Å². The number of anilines is 1. The molecule has 3 rings (SSSR count). The Morgan fingerprint density at radius 3 is 2.65 bits per heavy atom. The van der Waals surface area contributed by atoms with E-state index in [0.717, 1.165) is 12.1 Å². The van der Waals surface area contributed by atoms with E-state index in [-0.39, 0.29) is 5.69 Å². The van der Waals surface area contributed by atoms with Crippen LogP contribution in [0.25, 0.3) is 10.9 Å². The number of alkyl halides is 3. The predicted molar refractivity (Wildman–Crippen MR) is 109 cm³/mol. The molecule has 3 aromatic rings. The molecule has 0 aliphatic rings. The summed E-state index contributed by atoms with van der Waals surface area (Å²) in [5.74, 6) is -0.350. The first-order chi connectivity index (χ1) is 14.5. The summed E-state index contributed by atoms with van der Waals surface area (Å²) in [6, 6.07) is 6.35. The number of aliphatic hydroxyl groups is 1. The van der Waals surface area contributed by atoms with Crippen LogP contribution in [0, 0.1) is 0 Å². The highest BCUT2D eigenvalue weighted by molar-refractivity contribution is 6.04. The third kappa shape index (κ3) is 5.72. The maximum Gasteiger partial charge on any atom is 0.433 e. The standard InChI is InChI=1S/C21H23F3N4O3/c1-4-31-16-11-14(10-13-12-28(27-18(13)16)9-8-20(2,3)30)25-19(29)15-6-5-7-17(26-15)21(22,23)24/h5-7,10-12,30H,4,8-9H2,1-3H3,(H,25,29). The molecule has 1 aromatic carbocycles. The first-order valence-electron chi connectivity index (χ1n) is 9.68. The van der Waals surface area contributed by atoms with Crippen molar-refractivity contribution in [2.75, 3.05) is 11.9 Å². The van der Waals surface area contributed by atoms with E-state index in [0.29, 0.717) is 41.9 Å². The molecule has 0 aliphatic heterocycles. The second-order valence-electron chi connectivity index (χ2n) is 7.66. The molecule has 0 aliphatic carbocycles. The lowest BCUT2D eigenvalue weighted by molar-refractivity contribution is -0.141. The van der Waals surface area contributed by atoms with Crippen LogP contribution in [0.1, 0.15) is 43.4 Å². The molecule has 0 unspecified atom stereocenters. The Morgan fingerprint density at radius 2 is 2.00 bits per heavy atom. The quantitative estimate of drug-likeness (QED) is 0.578. The molecule has 2 aromatic heterocycles. The minimum atomic E-state index is -4.64. The normalized spacial score (nSPS) is 12.2. The van der Waals surface area contributed by atoms with Gasteiger partial charge in [-0.2, -0.15) is 18.3 Å². The second-order valence-corrected chi connectivity index (χ2v) is 7.66. The zero-order valence-corrected chi connectivity index (χ0v) is 17.3. The minimum absolute atomic E-state index is 0.335. The summed E-state index contributed by atoms with van der Waals surface area (Å²) in [5.41, 5.74) is -1.43. The number of amides is 1. The van der Waals surface area contributed by atoms with Gasteiger partial charge >= 0.3 is 6.18 Å². The highest BCUT2D eigenvalue weighted by Gasteiger charge is 2.33. The number of ether oxygens (including phenoxy) is 1. The van der Waals surface area contributed by atoms with Crippen molar-refractivity contribution in [1.82, 2.24) is 14.8 Å². The molecule has 0 fully saturated rings. The van der Waals surface area contributed by atoms with Gasteiger partial charge in [0, 0.05) is 29.9 Å². The number of fused-ring (bicyclic) bond motifs is 1. The molecular weight excluding hydrogens is 413 g/mol. The van der Waals surface area contributed by atoms with Crippen molar-refractivity contribution in [2.24, 2.45) is 0 Å². The molecule has 2 heterocycles. The molecule has 0 atom stereocenters. The third-order valence-corrected chi connectivity index (χ3v) is 4.40. The number of pyridine rings is 1.